The van der Waals surface area contributed by atoms with Crippen molar-refractivity contribution in [2.75, 3.05) is 0 Å². The van der Waals surface area contributed by atoms with Gasteiger partial charge in [-0.05, 0) is 89.8 Å². The summed E-state index contributed by atoms with van der Waals surface area (Å²) < 4.78 is 4.00. The zero-order valence-electron chi connectivity index (χ0n) is 21.9. The molecule has 0 atom stereocenters. The van der Waals surface area contributed by atoms with Crippen LogP contribution in [0, 0.1) is 55.6 Å². The number of hydrogen-bond acceptors (Lipinski definition) is 1. The van der Waals surface area contributed by atoms with Crippen LogP contribution in [0.15, 0.2) is 42.5 Å². The van der Waals surface area contributed by atoms with Gasteiger partial charge < -0.3 is 9.15 Å². The number of nitrogens with zero attached hydrogens (tertiary/aromatic N) is 3. The molecule has 0 aliphatic carbocycles. The van der Waals surface area contributed by atoms with E-state index in [1.807, 2.05) is 21.3 Å². The van der Waals surface area contributed by atoms with Crippen LogP contribution in [-0.2, 0) is 13.1 Å². The Bertz CT molecular complexity index is 1150. The molecule has 1 heterocycles. The fourth-order valence-corrected chi connectivity index (χ4v) is 4.65. The zero-order chi connectivity index (χ0) is 26.4. The third kappa shape index (κ3) is 6.92. The van der Waals surface area contributed by atoms with Crippen LogP contribution >= 0.6 is 20.2 Å². The summed E-state index contributed by atoms with van der Waals surface area (Å²) in [5.41, 5.74) is 13.5. The van der Waals surface area contributed by atoms with Crippen molar-refractivity contribution in [2.45, 2.75) is 55.4 Å². The van der Waals surface area contributed by atoms with Gasteiger partial charge in [0.2, 0.25) is 0 Å². The first-order chi connectivity index (χ1) is 16.4. The van der Waals surface area contributed by atoms with Crippen LogP contribution in [0.5, 0.6) is 0 Å². The number of pyridine rings is 1. The summed E-state index contributed by atoms with van der Waals surface area (Å²) in [6.45, 7) is 16.9. The molecular weight excluding hydrogens is 517 g/mol. The van der Waals surface area contributed by atoms with E-state index in [1.54, 1.807) is 0 Å². The molecule has 0 spiro atoms. The predicted octanol–water partition coefficient (Wildman–Crippen LogP) is 8.20. The second-order valence-corrected chi connectivity index (χ2v) is 10.8. The Morgan fingerprint density at radius 1 is 0.686 bits per heavy atom. The average Bonchev–Trinajstić information content (AvgIpc) is 2.77. The maximum atomic E-state index is 4.98. The first kappa shape index (κ1) is 29.0. The van der Waals surface area contributed by atoms with E-state index in [4.69, 9.17) is 25.2 Å². The third-order valence-electron chi connectivity index (χ3n) is 6.11. The van der Waals surface area contributed by atoms with Crippen molar-refractivity contribution < 1.29 is 22.3 Å². The van der Waals surface area contributed by atoms with Crippen LogP contribution in [0.2, 0.25) is 0 Å². The molecule has 35 heavy (non-hydrogen) atoms. The molecule has 0 aliphatic heterocycles. The zero-order valence-corrected chi connectivity index (χ0v) is 24.5. The van der Waals surface area contributed by atoms with Crippen molar-refractivity contribution in [2.24, 2.45) is 0 Å². The second kappa shape index (κ2) is 12.6. The monoisotopic (exact) mass is 551 g/mol. The van der Waals surface area contributed by atoms with E-state index in [0.717, 1.165) is 34.2 Å². The first-order valence-corrected chi connectivity index (χ1v) is 14.3. The van der Waals surface area contributed by atoms with E-state index in [0.29, 0.717) is 0 Å². The standard InChI is InChI=1S/C29H35N3.2ClH.Fe/c1-18-14-20(3)28(21(4)15-18)31(9)24(7)26-12-11-13-27(30-26)25(8)32(10)29-22(5)16-19(2)17-23(29)6;;;/h11-17H,9-10H2,1-8H3;2*1H;/q;;;+2/p-2. The number of halogens is 2. The SMILES string of the molecule is [CH2-][N+](=C(C)c1cccc(C(C)=[N+]([CH2-])c2c(C)cc(C)cc2C)n1)c1c(C)cc(C)cc1C.[Cl][Fe][Cl]. The molecule has 188 valence electrons. The van der Waals surface area contributed by atoms with E-state index in [2.05, 4.69) is 99.8 Å². The van der Waals surface area contributed by atoms with Gasteiger partial charge in [0.05, 0.1) is 11.4 Å². The van der Waals surface area contributed by atoms with Gasteiger partial charge in [0.1, 0.15) is 22.8 Å². The van der Waals surface area contributed by atoms with E-state index in [-0.39, 0.29) is 13.1 Å². The Hall–Kier alpha value is -2.23. The summed E-state index contributed by atoms with van der Waals surface area (Å²) in [7, 11) is 18.2. The Labute approximate surface area is 226 Å². The molecule has 0 radical (unpaired) electrons. The van der Waals surface area contributed by atoms with Crippen LogP contribution in [0.4, 0.5) is 11.4 Å². The summed E-state index contributed by atoms with van der Waals surface area (Å²) >= 11 is 0.194. The van der Waals surface area contributed by atoms with Crippen molar-refractivity contribution in [3.63, 3.8) is 0 Å². The molecule has 2 aromatic carbocycles. The molecule has 1 aromatic heterocycles. The molecule has 3 nitrogen and oxygen atoms in total. The first-order valence-electron chi connectivity index (χ1n) is 11.3. The van der Waals surface area contributed by atoms with Gasteiger partial charge in [-0.1, -0.05) is 41.5 Å². The predicted molar refractivity (Wildman–Crippen MR) is 147 cm³/mol. The normalized spacial score (nSPS) is 12.5. The summed E-state index contributed by atoms with van der Waals surface area (Å²) in [5, 5.41) is 0. The molecule has 6 heteroatoms. The van der Waals surface area contributed by atoms with Gasteiger partial charge in [0.15, 0.2) is 0 Å². The van der Waals surface area contributed by atoms with Gasteiger partial charge >= 0.3 is 33.3 Å². The molecule has 0 amide bonds. The van der Waals surface area contributed by atoms with Crippen LogP contribution in [0.25, 0.3) is 0 Å². The summed E-state index contributed by atoms with van der Waals surface area (Å²) in [4.78, 5) is 4.98. The van der Waals surface area contributed by atoms with Crippen molar-refractivity contribution in [3.05, 3.63) is 101 Å². The van der Waals surface area contributed by atoms with Gasteiger partial charge in [0.25, 0.3) is 0 Å². The van der Waals surface area contributed by atoms with Crippen molar-refractivity contribution >= 4 is 43.0 Å². The van der Waals surface area contributed by atoms with E-state index < -0.39 is 0 Å². The van der Waals surface area contributed by atoms with Gasteiger partial charge in [-0.3, -0.25) is 4.98 Å². The van der Waals surface area contributed by atoms with Crippen LogP contribution < -0.4 is 0 Å². The Balaban J connectivity index is 0.00000137. The fraction of sp³-hybridized carbons (Fsp3) is 0.276. The number of hydrogen-bond donors (Lipinski definition) is 0. The summed E-state index contributed by atoms with van der Waals surface area (Å²) in [6, 6.07) is 14.9. The molecule has 0 aliphatic rings. The quantitative estimate of drug-likeness (QED) is 0.138. The Morgan fingerprint density at radius 3 is 1.26 bits per heavy atom. The second-order valence-electron chi connectivity index (χ2n) is 8.98. The fourth-order valence-electron chi connectivity index (χ4n) is 4.65. The van der Waals surface area contributed by atoms with Crippen LogP contribution in [0.3, 0.4) is 0 Å². The molecule has 0 fully saturated rings. The number of rotatable bonds is 4. The molecule has 0 unspecified atom stereocenters. The number of benzene rings is 2. The number of aryl methyl sites for hydroxylation is 6. The van der Waals surface area contributed by atoms with E-state index in [9.17, 15) is 0 Å². The van der Waals surface area contributed by atoms with Crippen LogP contribution in [-0.4, -0.2) is 25.6 Å². The molecule has 0 saturated carbocycles. The van der Waals surface area contributed by atoms with Crippen molar-refractivity contribution in [3.8, 4) is 0 Å². The van der Waals surface area contributed by atoms with E-state index >= 15 is 0 Å². The van der Waals surface area contributed by atoms with Crippen molar-refractivity contribution in [1.82, 2.24) is 4.98 Å². The van der Waals surface area contributed by atoms with Crippen LogP contribution in [0.1, 0.15) is 58.6 Å². The molecule has 0 N–H and O–H groups in total. The Kier molecular flexibility index (Phi) is 10.5. The van der Waals surface area contributed by atoms with Gasteiger partial charge in [-0.25, -0.2) is 0 Å². The van der Waals surface area contributed by atoms with Gasteiger partial charge in [-0.2, -0.15) is 0 Å². The maximum absolute atomic E-state index is 4.98. The molecule has 0 saturated heterocycles. The molecule has 3 rings (SSSR count). The van der Waals surface area contributed by atoms with Gasteiger partial charge in [-0.15, -0.1) is 0 Å². The van der Waals surface area contributed by atoms with E-state index in [1.165, 1.54) is 33.4 Å². The minimum atomic E-state index is 0.194. The van der Waals surface area contributed by atoms with Crippen molar-refractivity contribution in [1.29, 1.82) is 0 Å². The number of aromatic nitrogens is 1. The van der Waals surface area contributed by atoms with Gasteiger partial charge in [0, 0.05) is 14.1 Å². The summed E-state index contributed by atoms with van der Waals surface area (Å²) in [6.07, 6.45) is 0. The molecule has 3 aromatic rings. The average molecular weight is 552 g/mol. The minimum absolute atomic E-state index is 0.194. The summed E-state index contributed by atoms with van der Waals surface area (Å²) in [5.74, 6) is 0. The molecule has 0 bridgehead atoms. The third-order valence-corrected chi connectivity index (χ3v) is 6.11. The Morgan fingerprint density at radius 2 is 0.971 bits per heavy atom. The molecular formula is C29H35Cl2FeN3. The topological polar surface area (TPSA) is 18.9 Å².